The summed E-state index contributed by atoms with van der Waals surface area (Å²) in [7, 11) is 1.68. The molecule has 0 fully saturated rings. The van der Waals surface area contributed by atoms with E-state index in [0.29, 0.717) is 6.61 Å². The Morgan fingerprint density at radius 1 is 1.10 bits per heavy atom. The molecule has 0 saturated carbocycles. The van der Waals surface area contributed by atoms with E-state index in [-0.39, 0.29) is 0 Å². The maximum absolute atomic E-state index is 5.71. The number of methoxy groups -OCH3 is 1. The summed E-state index contributed by atoms with van der Waals surface area (Å²) < 4.78 is 11.0. The Kier molecular flexibility index (Phi) is 4.05. The molecule has 0 spiro atoms. The number of fused-ring (bicyclic) bond motifs is 1. The van der Waals surface area contributed by atoms with Crippen LogP contribution >= 0.6 is 0 Å². The highest BCUT2D eigenvalue weighted by molar-refractivity contribution is 5.67. The molecule has 0 radical (unpaired) electrons. The zero-order valence-corrected chi connectivity index (χ0v) is 12.0. The Morgan fingerprint density at radius 2 is 1.95 bits per heavy atom. The van der Waals surface area contributed by atoms with E-state index in [1.165, 1.54) is 5.56 Å². The summed E-state index contributed by atoms with van der Waals surface area (Å²) in [6.45, 7) is 2.26. The zero-order chi connectivity index (χ0) is 14.5. The minimum absolute atomic E-state index is 0.634. The van der Waals surface area contributed by atoms with E-state index in [1.54, 1.807) is 7.11 Å². The van der Waals surface area contributed by atoms with Crippen LogP contribution in [-0.4, -0.2) is 31.5 Å². The van der Waals surface area contributed by atoms with Crippen LogP contribution in [0, 0.1) is 0 Å². The second-order valence-electron chi connectivity index (χ2n) is 4.87. The van der Waals surface area contributed by atoms with Gasteiger partial charge in [-0.3, -0.25) is 0 Å². The average molecular weight is 282 g/mol. The van der Waals surface area contributed by atoms with E-state index in [9.17, 15) is 0 Å². The fourth-order valence-corrected chi connectivity index (χ4v) is 2.28. The van der Waals surface area contributed by atoms with Gasteiger partial charge < -0.3 is 14.4 Å². The van der Waals surface area contributed by atoms with E-state index >= 15 is 0 Å². The standard InChI is InChI=1S/C17H18N2O2/c1-20-16-7-8-17-14(11-16)12-19(13-18-17)9-10-21-15-5-3-2-4-6-15/h2-8,11,13H,9-10,12H2,1H3. The normalized spacial score (nSPS) is 12.9. The van der Waals surface area contributed by atoms with Gasteiger partial charge in [-0.2, -0.15) is 0 Å². The Labute approximate surface area is 124 Å². The molecule has 2 aromatic carbocycles. The minimum Gasteiger partial charge on any atom is -0.497 e. The highest BCUT2D eigenvalue weighted by Gasteiger charge is 2.12. The first-order valence-corrected chi connectivity index (χ1v) is 6.98. The van der Waals surface area contributed by atoms with E-state index in [1.807, 2.05) is 54.9 Å². The quantitative estimate of drug-likeness (QED) is 0.844. The summed E-state index contributed by atoms with van der Waals surface area (Å²) >= 11 is 0. The van der Waals surface area contributed by atoms with E-state index in [4.69, 9.17) is 9.47 Å². The van der Waals surface area contributed by atoms with Crippen molar-refractivity contribution >= 4 is 12.0 Å². The summed E-state index contributed by atoms with van der Waals surface area (Å²) in [6.07, 6.45) is 1.88. The lowest BCUT2D eigenvalue weighted by molar-refractivity contribution is 0.267. The van der Waals surface area contributed by atoms with Crippen molar-refractivity contribution < 1.29 is 9.47 Å². The number of para-hydroxylation sites is 1. The molecule has 4 nitrogen and oxygen atoms in total. The van der Waals surface area contributed by atoms with Crippen LogP contribution in [0.4, 0.5) is 5.69 Å². The molecule has 108 valence electrons. The van der Waals surface area contributed by atoms with Crippen molar-refractivity contribution in [3.05, 3.63) is 54.1 Å². The van der Waals surface area contributed by atoms with Crippen LogP contribution in [0.25, 0.3) is 0 Å². The molecule has 0 aromatic heterocycles. The van der Waals surface area contributed by atoms with E-state index < -0.39 is 0 Å². The van der Waals surface area contributed by atoms with Gasteiger partial charge in [0.05, 0.1) is 25.7 Å². The van der Waals surface area contributed by atoms with Crippen LogP contribution in [0.5, 0.6) is 11.5 Å². The molecule has 0 amide bonds. The van der Waals surface area contributed by atoms with Crippen molar-refractivity contribution in [2.45, 2.75) is 6.54 Å². The predicted molar refractivity (Wildman–Crippen MR) is 83.5 cm³/mol. The molecule has 2 aromatic rings. The van der Waals surface area contributed by atoms with Crippen LogP contribution in [-0.2, 0) is 6.54 Å². The summed E-state index contributed by atoms with van der Waals surface area (Å²) in [5.41, 5.74) is 2.19. The van der Waals surface area contributed by atoms with Gasteiger partial charge in [-0.1, -0.05) is 18.2 Å². The number of hydrogen-bond acceptors (Lipinski definition) is 4. The lowest BCUT2D eigenvalue weighted by atomic mass is 10.1. The third-order valence-electron chi connectivity index (χ3n) is 3.41. The molecule has 21 heavy (non-hydrogen) atoms. The van der Waals surface area contributed by atoms with Gasteiger partial charge in [0.1, 0.15) is 18.1 Å². The molecule has 4 heteroatoms. The van der Waals surface area contributed by atoms with Crippen LogP contribution in [0.3, 0.4) is 0 Å². The monoisotopic (exact) mass is 282 g/mol. The summed E-state index contributed by atoms with van der Waals surface area (Å²) in [5.74, 6) is 1.76. The first-order chi connectivity index (χ1) is 10.3. The molecule has 1 aliphatic rings. The van der Waals surface area contributed by atoms with Gasteiger partial charge in [-0.25, -0.2) is 4.99 Å². The second kappa shape index (κ2) is 6.31. The maximum Gasteiger partial charge on any atom is 0.119 e. The molecule has 0 N–H and O–H groups in total. The van der Waals surface area contributed by atoms with E-state index in [2.05, 4.69) is 9.89 Å². The molecule has 1 aliphatic heterocycles. The molecule has 0 atom stereocenters. The Morgan fingerprint density at radius 3 is 2.76 bits per heavy atom. The van der Waals surface area contributed by atoms with Gasteiger partial charge in [0, 0.05) is 12.1 Å². The highest BCUT2D eigenvalue weighted by Crippen LogP contribution is 2.27. The van der Waals surface area contributed by atoms with Crippen molar-refractivity contribution in [2.24, 2.45) is 4.99 Å². The summed E-state index contributed by atoms with van der Waals surface area (Å²) in [4.78, 5) is 6.61. The average Bonchev–Trinajstić information content (AvgIpc) is 2.55. The van der Waals surface area contributed by atoms with Gasteiger partial charge in [0.15, 0.2) is 0 Å². The SMILES string of the molecule is COc1ccc2c(c1)CN(CCOc1ccccc1)C=N2. The lowest BCUT2D eigenvalue weighted by Gasteiger charge is -2.24. The zero-order valence-electron chi connectivity index (χ0n) is 12.0. The van der Waals surface area contributed by atoms with Crippen molar-refractivity contribution in [3.8, 4) is 11.5 Å². The summed E-state index contributed by atoms with van der Waals surface area (Å²) in [5, 5.41) is 0. The maximum atomic E-state index is 5.71. The number of rotatable bonds is 5. The van der Waals surface area contributed by atoms with Crippen molar-refractivity contribution in [1.82, 2.24) is 4.90 Å². The van der Waals surface area contributed by atoms with Gasteiger partial charge in [-0.15, -0.1) is 0 Å². The number of aliphatic imine (C=N–C) groups is 1. The fraction of sp³-hybridized carbons (Fsp3) is 0.235. The first-order valence-electron chi connectivity index (χ1n) is 6.98. The highest BCUT2D eigenvalue weighted by atomic mass is 16.5. The molecule has 0 saturated heterocycles. The smallest absolute Gasteiger partial charge is 0.119 e. The number of ether oxygens (including phenoxy) is 2. The third kappa shape index (κ3) is 3.34. The second-order valence-corrected chi connectivity index (χ2v) is 4.87. The van der Waals surface area contributed by atoms with Gasteiger partial charge in [0.2, 0.25) is 0 Å². The molecule has 0 aliphatic carbocycles. The summed E-state index contributed by atoms with van der Waals surface area (Å²) in [6, 6.07) is 15.8. The number of hydrogen-bond donors (Lipinski definition) is 0. The lowest BCUT2D eigenvalue weighted by Crippen LogP contribution is -2.28. The topological polar surface area (TPSA) is 34.1 Å². The van der Waals surface area contributed by atoms with Crippen molar-refractivity contribution in [1.29, 1.82) is 0 Å². The molecular formula is C17H18N2O2. The van der Waals surface area contributed by atoms with Gasteiger partial charge in [-0.05, 0) is 30.3 Å². The van der Waals surface area contributed by atoms with Crippen molar-refractivity contribution in [3.63, 3.8) is 0 Å². The van der Waals surface area contributed by atoms with Crippen LogP contribution in [0.2, 0.25) is 0 Å². The predicted octanol–water partition coefficient (Wildman–Crippen LogP) is 3.25. The van der Waals surface area contributed by atoms with Crippen LogP contribution in [0.1, 0.15) is 5.56 Å². The van der Waals surface area contributed by atoms with Crippen LogP contribution in [0.15, 0.2) is 53.5 Å². The fourth-order valence-electron chi connectivity index (χ4n) is 2.28. The molecule has 0 unspecified atom stereocenters. The Bertz CT molecular complexity index is 626. The van der Waals surface area contributed by atoms with Gasteiger partial charge >= 0.3 is 0 Å². The first kappa shape index (κ1) is 13.5. The minimum atomic E-state index is 0.634. The van der Waals surface area contributed by atoms with Crippen LogP contribution < -0.4 is 9.47 Å². The number of nitrogens with zero attached hydrogens (tertiary/aromatic N) is 2. The Balaban J connectivity index is 1.56. The molecule has 1 heterocycles. The molecular weight excluding hydrogens is 264 g/mol. The van der Waals surface area contributed by atoms with Gasteiger partial charge in [0.25, 0.3) is 0 Å². The third-order valence-corrected chi connectivity index (χ3v) is 3.41. The molecule has 3 rings (SSSR count). The molecule has 0 bridgehead atoms. The van der Waals surface area contributed by atoms with E-state index in [0.717, 1.165) is 30.3 Å². The largest absolute Gasteiger partial charge is 0.497 e. The number of benzene rings is 2. The van der Waals surface area contributed by atoms with Crippen molar-refractivity contribution in [2.75, 3.05) is 20.3 Å². The Hall–Kier alpha value is -2.49.